The molecule has 2 aromatic rings. The van der Waals surface area contributed by atoms with E-state index in [9.17, 15) is 4.79 Å². The van der Waals surface area contributed by atoms with Gasteiger partial charge in [-0.15, -0.1) is 0 Å². The molecule has 5 nitrogen and oxygen atoms in total. The fourth-order valence-corrected chi connectivity index (χ4v) is 6.44. The van der Waals surface area contributed by atoms with Crippen LogP contribution in [0.25, 0.3) is 11.1 Å². The Morgan fingerprint density at radius 3 is 2.47 bits per heavy atom. The Labute approximate surface area is 216 Å². The van der Waals surface area contributed by atoms with Crippen molar-refractivity contribution in [2.45, 2.75) is 71.9 Å². The third-order valence-corrected chi connectivity index (χ3v) is 8.62. The fraction of sp³-hybridized carbons (Fsp3) is 0.581. The van der Waals surface area contributed by atoms with Crippen molar-refractivity contribution in [1.82, 2.24) is 10.2 Å². The zero-order valence-electron chi connectivity index (χ0n) is 22.6. The maximum atomic E-state index is 13.1. The van der Waals surface area contributed by atoms with E-state index in [2.05, 4.69) is 74.3 Å². The molecule has 4 aliphatic rings. The van der Waals surface area contributed by atoms with Crippen LogP contribution in [0.3, 0.4) is 0 Å². The van der Waals surface area contributed by atoms with Crippen molar-refractivity contribution in [3.63, 3.8) is 0 Å². The van der Waals surface area contributed by atoms with Gasteiger partial charge in [0.25, 0.3) is 0 Å². The highest BCUT2D eigenvalue weighted by atomic mass is 16.6. The van der Waals surface area contributed by atoms with E-state index in [4.69, 9.17) is 9.47 Å². The molecule has 5 heteroatoms. The molecule has 3 heterocycles. The lowest BCUT2D eigenvalue weighted by molar-refractivity contribution is -0.0353. The number of nitrogens with one attached hydrogen (secondary N) is 1. The zero-order chi connectivity index (χ0) is 25.4. The second-order valence-electron chi connectivity index (χ2n) is 12.2. The molecule has 1 unspecified atom stereocenters. The average molecular weight is 491 g/mol. The van der Waals surface area contributed by atoms with E-state index < -0.39 is 0 Å². The molecule has 3 saturated heterocycles. The summed E-state index contributed by atoms with van der Waals surface area (Å²) in [5.41, 5.74) is 5.99. The number of methoxy groups -OCH3 is 1. The molecule has 0 radical (unpaired) electrons. The number of fused-ring (bicyclic) bond motifs is 4. The van der Waals surface area contributed by atoms with Crippen molar-refractivity contribution in [2.24, 2.45) is 17.3 Å². The van der Waals surface area contributed by atoms with Crippen LogP contribution in [0.15, 0.2) is 36.4 Å². The molecule has 2 bridgehead atoms. The largest absolute Gasteiger partial charge is 0.496 e. The highest BCUT2D eigenvalue weighted by molar-refractivity contribution is 5.74. The topological polar surface area (TPSA) is 50.8 Å². The molecule has 3 aliphatic heterocycles. The molecule has 1 amide bonds. The van der Waals surface area contributed by atoms with E-state index in [1.807, 2.05) is 0 Å². The first-order valence-corrected chi connectivity index (χ1v) is 13.7. The van der Waals surface area contributed by atoms with Gasteiger partial charge >= 0.3 is 6.09 Å². The number of carbonyl (C=O) groups excluding carboxylic acids is 1. The Bertz CT molecular complexity index is 1080. The van der Waals surface area contributed by atoms with Crippen LogP contribution >= 0.6 is 0 Å². The molecule has 3 fully saturated rings. The number of amides is 1. The normalized spacial score (nSPS) is 26.4. The van der Waals surface area contributed by atoms with Crippen molar-refractivity contribution < 1.29 is 14.3 Å². The third-order valence-electron chi connectivity index (χ3n) is 8.62. The lowest BCUT2D eigenvalue weighted by atomic mass is 9.70. The minimum Gasteiger partial charge on any atom is -0.496 e. The second-order valence-corrected chi connectivity index (χ2v) is 12.2. The monoisotopic (exact) mass is 490 g/mol. The predicted octanol–water partition coefficient (Wildman–Crippen LogP) is 6.39. The van der Waals surface area contributed by atoms with Gasteiger partial charge in [-0.2, -0.15) is 0 Å². The summed E-state index contributed by atoms with van der Waals surface area (Å²) >= 11 is 0. The van der Waals surface area contributed by atoms with Gasteiger partial charge in [-0.05, 0) is 96.8 Å². The number of alkyl carbamates (subject to hydrolysis) is 1. The van der Waals surface area contributed by atoms with Gasteiger partial charge in [0.05, 0.1) is 13.2 Å². The summed E-state index contributed by atoms with van der Waals surface area (Å²) in [6.45, 7) is 12.1. The third kappa shape index (κ3) is 5.13. The van der Waals surface area contributed by atoms with E-state index in [0.717, 1.165) is 68.6 Å². The molecule has 0 aromatic heterocycles. The van der Waals surface area contributed by atoms with Crippen molar-refractivity contribution in [1.29, 1.82) is 0 Å². The van der Waals surface area contributed by atoms with Crippen LogP contribution in [0.2, 0.25) is 0 Å². The van der Waals surface area contributed by atoms with Crippen LogP contribution in [0.4, 0.5) is 4.79 Å². The van der Waals surface area contributed by atoms with Crippen LogP contribution in [-0.2, 0) is 17.6 Å². The Morgan fingerprint density at radius 2 is 1.86 bits per heavy atom. The van der Waals surface area contributed by atoms with Gasteiger partial charge in [-0.1, -0.05) is 52.0 Å². The Morgan fingerprint density at radius 1 is 1.14 bits per heavy atom. The summed E-state index contributed by atoms with van der Waals surface area (Å²) in [6, 6.07) is 13.2. The van der Waals surface area contributed by atoms with Crippen LogP contribution in [-0.4, -0.2) is 43.8 Å². The minimum atomic E-state index is -0.288. The number of benzene rings is 2. The van der Waals surface area contributed by atoms with Gasteiger partial charge in [0, 0.05) is 12.1 Å². The number of rotatable bonds is 6. The number of piperidine rings is 3. The molecule has 194 valence electrons. The molecule has 1 aliphatic carbocycles. The molecule has 0 saturated carbocycles. The smallest absolute Gasteiger partial charge is 0.407 e. The van der Waals surface area contributed by atoms with Gasteiger partial charge < -0.3 is 14.8 Å². The van der Waals surface area contributed by atoms with Gasteiger partial charge in [0.1, 0.15) is 11.9 Å². The summed E-state index contributed by atoms with van der Waals surface area (Å²) < 4.78 is 11.9. The molecule has 2 atom stereocenters. The Hall–Kier alpha value is -2.53. The first-order valence-electron chi connectivity index (χ1n) is 13.7. The molecule has 36 heavy (non-hydrogen) atoms. The van der Waals surface area contributed by atoms with Gasteiger partial charge in [-0.3, -0.25) is 4.90 Å². The number of hydrogen-bond donors (Lipinski definition) is 1. The first kappa shape index (κ1) is 25.1. The summed E-state index contributed by atoms with van der Waals surface area (Å²) in [5, 5.41) is 3.27. The summed E-state index contributed by atoms with van der Waals surface area (Å²) in [4.78, 5) is 15.5. The maximum Gasteiger partial charge on any atom is 0.407 e. The van der Waals surface area contributed by atoms with E-state index in [-0.39, 0.29) is 23.7 Å². The number of ether oxygens (including phenoxy) is 2. The van der Waals surface area contributed by atoms with Crippen molar-refractivity contribution >= 4 is 6.09 Å². The number of carbonyl (C=O) groups is 1. The van der Waals surface area contributed by atoms with Crippen LogP contribution in [0.5, 0.6) is 5.75 Å². The molecule has 1 N–H and O–H groups in total. The second kappa shape index (κ2) is 10.1. The van der Waals surface area contributed by atoms with Crippen molar-refractivity contribution in [3.8, 4) is 16.9 Å². The van der Waals surface area contributed by atoms with Crippen LogP contribution < -0.4 is 10.1 Å². The van der Waals surface area contributed by atoms with Crippen molar-refractivity contribution in [2.75, 3.05) is 26.7 Å². The predicted molar refractivity (Wildman–Crippen MR) is 144 cm³/mol. The van der Waals surface area contributed by atoms with Gasteiger partial charge in [0.15, 0.2) is 0 Å². The van der Waals surface area contributed by atoms with Crippen LogP contribution in [0, 0.1) is 17.3 Å². The Balaban J connectivity index is 1.39. The fourth-order valence-electron chi connectivity index (χ4n) is 6.44. The summed E-state index contributed by atoms with van der Waals surface area (Å²) in [6.07, 6.45) is 5.06. The van der Waals surface area contributed by atoms with E-state index in [1.165, 1.54) is 16.7 Å². The standard InChI is InChI=1S/C31H42N2O3/c1-20(2)16-21-6-8-22(9-7-21)25-17-24-10-13-31(3,4)29(26(24)18-27(25)35-5)32-30(34)36-28-19-33-14-11-23(28)12-15-33/h6-9,17-18,20,23,28-29H,10-16,19H2,1-5H3,(H,32,34)/t28-,29?/m1/s1. The zero-order valence-corrected chi connectivity index (χ0v) is 22.6. The van der Waals surface area contributed by atoms with Crippen LogP contribution in [0.1, 0.15) is 69.7 Å². The Kier molecular flexibility index (Phi) is 7.04. The van der Waals surface area contributed by atoms with Gasteiger partial charge in [-0.25, -0.2) is 4.79 Å². The highest BCUT2D eigenvalue weighted by Crippen LogP contribution is 2.47. The number of nitrogens with zero attached hydrogens (tertiary/aromatic N) is 1. The quantitative estimate of drug-likeness (QED) is 0.509. The summed E-state index contributed by atoms with van der Waals surface area (Å²) in [7, 11) is 1.73. The van der Waals surface area contributed by atoms with E-state index >= 15 is 0 Å². The minimum absolute atomic E-state index is 0.00857. The lowest BCUT2D eigenvalue weighted by Gasteiger charge is -2.44. The highest BCUT2D eigenvalue weighted by Gasteiger charge is 2.40. The first-order chi connectivity index (χ1) is 17.2. The van der Waals surface area contributed by atoms with Gasteiger partial charge in [0.2, 0.25) is 0 Å². The lowest BCUT2D eigenvalue weighted by Crippen LogP contribution is -2.53. The summed E-state index contributed by atoms with van der Waals surface area (Å²) in [5.74, 6) is 1.99. The molecule has 2 aromatic carbocycles. The number of hydrogen-bond acceptors (Lipinski definition) is 4. The average Bonchev–Trinajstić information content (AvgIpc) is 2.86. The SMILES string of the molecule is COc1cc2c(cc1-c1ccc(CC(C)C)cc1)CCC(C)(C)C2NC(=O)O[C@@H]1CN2CCC1CC2. The van der Waals surface area contributed by atoms with Crippen molar-refractivity contribution in [3.05, 3.63) is 53.1 Å². The van der Waals surface area contributed by atoms with E-state index in [0.29, 0.717) is 11.8 Å². The number of aryl methyl sites for hydroxylation is 1. The molecule has 6 rings (SSSR count). The van der Waals surface area contributed by atoms with E-state index in [1.54, 1.807) is 7.11 Å². The maximum absolute atomic E-state index is 13.1. The molecular formula is C31H42N2O3. The molecular weight excluding hydrogens is 448 g/mol. The molecule has 0 spiro atoms.